The van der Waals surface area contributed by atoms with Gasteiger partial charge in [0.2, 0.25) is 11.8 Å². The Kier molecular flexibility index (Phi) is 12.6. The minimum atomic E-state index is -0.959. The van der Waals surface area contributed by atoms with Gasteiger partial charge in [0.05, 0.1) is 17.2 Å². The third kappa shape index (κ3) is 8.68. The van der Waals surface area contributed by atoms with Crippen LogP contribution in [0.1, 0.15) is 120 Å². The summed E-state index contributed by atoms with van der Waals surface area (Å²) in [5.74, 6) is 0.571. The van der Waals surface area contributed by atoms with Crippen molar-refractivity contribution in [3.8, 4) is 11.3 Å². The lowest BCUT2D eigenvalue weighted by molar-refractivity contribution is -0.136. The number of nitrogens with two attached hydrogens (primary N) is 1. The number of benzene rings is 2. The molecule has 2 aromatic carbocycles. The van der Waals surface area contributed by atoms with Crippen molar-refractivity contribution >= 4 is 58.5 Å². The first-order chi connectivity index (χ1) is 29.3. The Morgan fingerprint density at radius 3 is 2.38 bits per heavy atom. The quantitative estimate of drug-likeness (QED) is 0.0495. The highest BCUT2D eigenvalue weighted by Crippen LogP contribution is 2.37. The summed E-state index contributed by atoms with van der Waals surface area (Å²) in [5.41, 5.74) is 10.1. The first-order valence-corrected chi connectivity index (χ1v) is 21.9. The number of imidazole rings is 1. The van der Waals surface area contributed by atoms with Gasteiger partial charge in [-0.3, -0.25) is 43.5 Å². The van der Waals surface area contributed by atoms with Gasteiger partial charge >= 0.3 is 0 Å². The van der Waals surface area contributed by atoms with Crippen LogP contribution in [0.5, 0.6) is 0 Å². The van der Waals surface area contributed by atoms with Gasteiger partial charge in [0.1, 0.15) is 34.7 Å². The molecule has 3 aromatic heterocycles. The molecule has 5 amide bonds. The highest BCUT2D eigenvalue weighted by Gasteiger charge is 2.45. The second kappa shape index (κ2) is 18.6. The number of carbonyl (C=O) groups is 5. The van der Waals surface area contributed by atoms with Gasteiger partial charge in [-0.15, -0.1) is 11.8 Å². The fourth-order valence-electron chi connectivity index (χ4n) is 8.58. The average molecular weight is 828 g/mol. The fourth-order valence-corrected chi connectivity index (χ4v) is 9.66. The maximum atomic E-state index is 13.4. The monoisotopic (exact) mass is 827 g/mol. The van der Waals surface area contributed by atoms with Crippen LogP contribution in [-0.2, 0) is 9.59 Å². The van der Waals surface area contributed by atoms with Crippen LogP contribution in [0, 0.1) is 0 Å². The highest BCUT2D eigenvalue weighted by molar-refractivity contribution is 7.99. The molecule has 3 aliphatic heterocycles. The van der Waals surface area contributed by atoms with E-state index < -0.39 is 23.8 Å². The molecule has 310 valence electrons. The summed E-state index contributed by atoms with van der Waals surface area (Å²) in [6, 6.07) is 17.3. The minimum Gasteiger partial charge on any atom is -0.382 e. The lowest BCUT2D eigenvalue weighted by Gasteiger charge is -2.27. The summed E-state index contributed by atoms with van der Waals surface area (Å²) >= 11 is 1.58. The topological polar surface area (TPSA) is 185 Å². The number of piperidine rings is 1. The van der Waals surface area contributed by atoms with Crippen molar-refractivity contribution in [1.29, 1.82) is 0 Å². The number of anilines is 2. The Morgan fingerprint density at radius 1 is 0.833 bits per heavy atom. The number of unbranched alkanes of at least 4 members (excludes halogenated alkanes) is 7. The van der Waals surface area contributed by atoms with E-state index in [0.29, 0.717) is 28.3 Å². The van der Waals surface area contributed by atoms with Crippen LogP contribution in [-0.4, -0.2) is 83.6 Å². The predicted molar refractivity (Wildman–Crippen MR) is 229 cm³/mol. The van der Waals surface area contributed by atoms with Crippen LogP contribution in [0.3, 0.4) is 0 Å². The second-order valence-corrected chi connectivity index (χ2v) is 16.7. The summed E-state index contributed by atoms with van der Waals surface area (Å²) < 4.78 is 2.09. The molecule has 5 aromatic rings. The van der Waals surface area contributed by atoms with Gasteiger partial charge in [-0.05, 0) is 87.3 Å². The molecule has 0 bridgehead atoms. The average Bonchev–Trinajstić information content (AvgIpc) is 3.95. The number of nitrogens with one attached hydrogen (secondary N) is 2. The van der Waals surface area contributed by atoms with Crippen molar-refractivity contribution in [2.24, 2.45) is 0 Å². The zero-order valence-corrected chi connectivity index (χ0v) is 34.3. The number of fused-ring (bicyclic) bond motifs is 2. The standard InChI is InChI=1S/C45H49N9O5S/c46-40-39-38(29-17-19-30(20-18-29)42(56)49-35-16-7-8-23-47-35)51-41(53(39)27-24-48-40)32-14-12-26-52(32)25-9-5-3-1-2-4-6-10-28-60-34-15-11-13-31-37(34)45(59)54(44(31)58)33-21-22-36(55)50-43(33)57/h7-8,11,13,15-20,23-24,27,32-33H,1-6,9-10,12,14,21-22,25-26,28H2,(H2,46,48)(H,47,49,56)(H,50,55,57)/t32-,33?/m0/s1. The van der Waals surface area contributed by atoms with Gasteiger partial charge in [0, 0.05) is 41.0 Å². The molecule has 2 fully saturated rings. The van der Waals surface area contributed by atoms with E-state index in [1.165, 1.54) is 25.7 Å². The summed E-state index contributed by atoms with van der Waals surface area (Å²) in [7, 11) is 0. The van der Waals surface area contributed by atoms with Gasteiger partial charge < -0.3 is 11.1 Å². The number of amides is 5. The van der Waals surface area contributed by atoms with Crippen LogP contribution in [0.4, 0.5) is 11.6 Å². The minimum absolute atomic E-state index is 0.101. The molecule has 60 heavy (non-hydrogen) atoms. The molecule has 3 aliphatic rings. The van der Waals surface area contributed by atoms with Crippen LogP contribution in [0.15, 0.2) is 84.1 Å². The first-order valence-electron chi connectivity index (χ1n) is 20.9. The van der Waals surface area contributed by atoms with Crippen LogP contribution in [0.25, 0.3) is 16.8 Å². The van der Waals surface area contributed by atoms with E-state index in [1.807, 2.05) is 30.5 Å². The summed E-state index contributed by atoms with van der Waals surface area (Å²) in [4.78, 5) is 81.5. The van der Waals surface area contributed by atoms with Gasteiger partial charge in [0.25, 0.3) is 17.7 Å². The van der Waals surface area contributed by atoms with Crippen molar-refractivity contribution < 1.29 is 24.0 Å². The number of nitrogens with zero attached hydrogens (tertiary/aromatic N) is 6. The predicted octanol–water partition coefficient (Wildman–Crippen LogP) is 7.08. The number of rotatable bonds is 17. The summed E-state index contributed by atoms with van der Waals surface area (Å²) in [6.45, 7) is 2.04. The Balaban J connectivity index is 0.771. The number of nitrogen functional groups attached to an aromatic ring is 1. The summed E-state index contributed by atoms with van der Waals surface area (Å²) in [5, 5.41) is 5.08. The van der Waals surface area contributed by atoms with E-state index in [9.17, 15) is 24.0 Å². The van der Waals surface area contributed by atoms with Crippen molar-refractivity contribution in [1.82, 2.24) is 34.5 Å². The van der Waals surface area contributed by atoms with Gasteiger partial charge in [-0.1, -0.05) is 62.8 Å². The second-order valence-electron chi connectivity index (χ2n) is 15.6. The number of imide groups is 2. The number of hydrogen-bond acceptors (Lipinski definition) is 11. The molecule has 15 heteroatoms. The number of carbonyl (C=O) groups excluding carboxylic acids is 5. The third-order valence-electron chi connectivity index (χ3n) is 11.6. The Bertz CT molecular complexity index is 2400. The van der Waals surface area contributed by atoms with E-state index in [1.54, 1.807) is 60.6 Å². The van der Waals surface area contributed by atoms with E-state index in [4.69, 9.17) is 10.7 Å². The first kappa shape index (κ1) is 40.8. The normalized spacial score (nSPS) is 18.0. The Hall–Kier alpha value is -5.93. The molecule has 2 saturated heterocycles. The van der Waals surface area contributed by atoms with Gasteiger partial charge in [-0.2, -0.15) is 0 Å². The molecule has 8 rings (SSSR count). The Labute approximate surface area is 352 Å². The van der Waals surface area contributed by atoms with Crippen molar-refractivity contribution in [3.63, 3.8) is 0 Å². The highest BCUT2D eigenvalue weighted by atomic mass is 32.2. The molecule has 0 spiro atoms. The van der Waals surface area contributed by atoms with E-state index >= 15 is 0 Å². The number of thioether (sulfide) groups is 1. The fraction of sp³-hybridized carbons (Fsp3) is 0.378. The molecular weight excluding hydrogens is 779 g/mol. The van der Waals surface area contributed by atoms with Gasteiger partial charge in [0.15, 0.2) is 0 Å². The lowest BCUT2D eigenvalue weighted by atomic mass is 10.0. The zero-order chi connectivity index (χ0) is 41.6. The molecule has 0 radical (unpaired) electrons. The molecule has 0 aliphatic carbocycles. The maximum Gasteiger partial charge on any atom is 0.263 e. The molecular formula is C45H49N9O5S. The Morgan fingerprint density at radius 2 is 1.62 bits per heavy atom. The zero-order valence-electron chi connectivity index (χ0n) is 33.5. The molecule has 4 N–H and O–H groups in total. The van der Waals surface area contributed by atoms with E-state index in [0.717, 1.165) is 89.8 Å². The van der Waals surface area contributed by atoms with Crippen LogP contribution < -0.4 is 16.4 Å². The van der Waals surface area contributed by atoms with E-state index in [-0.39, 0.29) is 30.7 Å². The van der Waals surface area contributed by atoms with Crippen molar-refractivity contribution in [2.45, 2.75) is 94.0 Å². The number of aromatic nitrogens is 4. The van der Waals surface area contributed by atoms with Crippen molar-refractivity contribution in [3.05, 3.63) is 102 Å². The molecule has 14 nitrogen and oxygen atoms in total. The summed E-state index contributed by atoms with van der Waals surface area (Å²) in [6.07, 6.45) is 16.8. The number of hydrogen-bond donors (Lipinski definition) is 3. The lowest BCUT2D eigenvalue weighted by Crippen LogP contribution is -2.54. The number of likely N-dealkylation sites (tertiary alicyclic amines) is 1. The molecule has 0 saturated carbocycles. The van der Waals surface area contributed by atoms with Gasteiger partial charge in [-0.25, -0.2) is 15.0 Å². The van der Waals surface area contributed by atoms with Crippen LogP contribution in [0.2, 0.25) is 0 Å². The van der Waals surface area contributed by atoms with E-state index in [2.05, 4.69) is 29.9 Å². The largest absolute Gasteiger partial charge is 0.382 e. The number of pyridine rings is 1. The maximum absolute atomic E-state index is 13.4. The molecule has 1 unspecified atom stereocenters. The third-order valence-corrected chi connectivity index (χ3v) is 12.8. The molecule has 2 atom stereocenters. The smallest absolute Gasteiger partial charge is 0.263 e. The van der Waals surface area contributed by atoms with Crippen LogP contribution >= 0.6 is 11.8 Å². The SMILES string of the molecule is Nc1nccn2c([C@@H]3CCCN3CCCCCCCCCCSc3cccc4c3C(=O)N(C3CCC(=O)NC3=O)C4=O)nc(-c3ccc(C(=O)Nc4ccccn4)cc3)c12. The molecule has 6 heterocycles. The van der Waals surface area contributed by atoms with Crippen molar-refractivity contribution in [2.75, 3.05) is 29.9 Å².